The standard InChI is InChI=1S/C25H22ClN3O2S2/c26-20-5-2-1-4-19(20)25(31)12-14-29(15-13-25)24(30)17-8-10-18(11-9-17)28-33-22-7-3-6-21-23(22)27-16-32-21/h1-11,16,28,31H,12-15H2. The first-order valence-corrected chi connectivity index (χ1v) is 12.7. The Balaban J connectivity index is 1.20. The molecule has 0 spiro atoms. The molecule has 0 saturated carbocycles. The number of aliphatic hydroxyl groups is 1. The van der Waals surface area contributed by atoms with Gasteiger partial charge in [0.2, 0.25) is 0 Å². The number of halogens is 1. The van der Waals surface area contributed by atoms with Crippen molar-refractivity contribution in [2.45, 2.75) is 23.3 Å². The van der Waals surface area contributed by atoms with Gasteiger partial charge in [-0.2, -0.15) is 0 Å². The van der Waals surface area contributed by atoms with Crippen LogP contribution in [0.25, 0.3) is 10.2 Å². The van der Waals surface area contributed by atoms with Gasteiger partial charge >= 0.3 is 0 Å². The molecule has 33 heavy (non-hydrogen) atoms. The van der Waals surface area contributed by atoms with Gasteiger partial charge in [0, 0.05) is 34.9 Å². The van der Waals surface area contributed by atoms with Crippen molar-refractivity contribution in [1.29, 1.82) is 0 Å². The number of thiazole rings is 1. The zero-order chi connectivity index (χ0) is 22.8. The molecule has 4 aromatic rings. The van der Waals surface area contributed by atoms with Gasteiger partial charge in [0.1, 0.15) is 0 Å². The first-order valence-electron chi connectivity index (χ1n) is 10.7. The van der Waals surface area contributed by atoms with E-state index in [1.165, 1.54) is 11.9 Å². The van der Waals surface area contributed by atoms with Crippen molar-refractivity contribution in [3.8, 4) is 0 Å². The molecule has 8 heteroatoms. The number of carbonyl (C=O) groups is 1. The molecule has 0 radical (unpaired) electrons. The van der Waals surface area contributed by atoms with Crippen molar-refractivity contribution < 1.29 is 9.90 Å². The summed E-state index contributed by atoms with van der Waals surface area (Å²) in [5.41, 5.74) is 4.13. The van der Waals surface area contributed by atoms with Crippen LogP contribution in [0, 0.1) is 0 Å². The van der Waals surface area contributed by atoms with Crippen LogP contribution >= 0.6 is 34.9 Å². The predicted molar refractivity (Wildman–Crippen MR) is 136 cm³/mol. The second-order valence-corrected chi connectivity index (χ2v) is 10.2. The normalized spacial score (nSPS) is 15.5. The zero-order valence-corrected chi connectivity index (χ0v) is 20.1. The van der Waals surface area contributed by atoms with Gasteiger partial charge in [-0.1, -0.05) is 35.9 Å². The molecular formula is C25H22ClN3O2S2. The van der Waals surface area contributed by atoms with E-state index < -0.39 is 5.60 Å². The van der Waals surface area contributed by atoms with Gasteiger partial charge in [0.25, 0.3) is 5.91 Å². The van der Waals surface area contributed by atoms with E-state index in [1.54, 1.807) is 22.3 Å². The van der Waals surface area contributed by atoms with Gasteiger partial charge in [-0.05, 0) is 67.3 Å². The van der Waals surface area contributed by atoms with E-state index in [1.807, 2.05) is 60.1 Å². The fourth-order valence-corrected chi connectivity index (χ4v) is 5.96. The summed E-state index contributed by atoms with van der Waals surface area (Å²) in [6.45, 7) is 0.960. The summed E-state index contributed by atoms with van der Waals surface area (Å²) in [6, 6.07) is 21.0. The molecule has 0 atom stereocenters. The Bertz CT molecular complexity index is 1280. The van der Waals surface area contributed by atoms with Crippen LogP contribution in [0.1, 0.15) is 28.8 Å². The topological polar surface area (TPSA) is 65.5 Å². The molecule has 3 aromatic carbocycles. The lowest BCUT2D eigenvalue weighted by Crippen LogP contribution is -2.45. The molecule has 1 saturated heterocycles. The first-order chi connectivity index (χ1) is 16.0. The quantitative estimate of drug-likeness (QED) is 0.323. The summed E-state index contributed by atoms with van der Waals surface area (Å²) in [7, 11) is 0. The van der Waals surface area contributed by atoms with Crippen molar-refractivity contribution >= 4 is 56.7 Å². The van der Waals surface area contributed by atoms with Crippen molar-refractivity contribution in [2.24, 2.45) is 0 Å². The number of hydrogen-bond donors (Lipinski definition) is 2. The molecule has 0 aliphatic carbocycles. The number of nitrogens with one attached hydrogen (secondary N) is 1. The third-order valence-electron chi connectivity index (χ3n) is 5.99. The van der Waals surface area contributed by atoms with Crippen LogP contribution in [0.4, 0.5) is 5.69 Å². The third kappa shape index (κ3) is 4.59. The highest BCUT2D eigenvalue weighted by Crippen LogP contribution is 2.37. The number of hydrogen-bond acceptors (Lipinski definition) is 6. The molecule has 168 valence electrons. The summed E-state index contributed by atoms with van der Waals surface area (Å²) in [5, 5.41) is 11.7. The van der Waals surface area contributed by atoms with Crippen LogP contribution in [0.5, 0.6) is 0 Å². The number of anilines is 1. The lowest BCUT2D eigenvalue weighted by atomic mass is 9.84. The Morgan fingerprint density at radius 3 is 2.58 bits per heavy atom. The molecule has 2 N–H and O–H groups in total. The summed E-state index contributed by atoms with van der Waals surface area (Å²) >= 11 is 9.43. The Hall–Kier alpha value is -2.58. The number of likely N-dealkylation sites (tertiary alicyclic amines) is 1. The number of para-hydroxylation sites is 1. The van der Waals surface area contributed by atoms with Crippen LogP contribution < -0.4 is 4.72 Å². The maximum absolute atomic E-state index is 13.0. The summed E-state index contributed by atoms with van der Waals surface area (Å²) in [5.74, 6) is -0.0253. The van der Waals surface area contributed by atoms with Crippen molar-refractivity contribution in [2.75, 3.05) is 17.8 Å². The number of amides is 1. The van der Waals surface area contributed by atoms with E-state index in [-0.39, 0.29) is 5.91 Å². The molecule has 2 heterocycles. The average Bonchev–Trinajstić information content (AvgIpc) is 3.33. The Morgan fingerprint density at radius 1 is 1.06 bits per heavy atom. The number of carbonyl (C=O) groups excluding carboxylic acids is 1. The number of fused-ring (bicyclic) bond motifs is 1. The molecule has 0 bridgehead atoms. The second-order valence-electron chi connectivity index (χ2n) is 8.04. The zero-order valence-electron chi connectivity index (χ0n) is 17.7. The fourth-order valence-electron chi connectivity index (χ4n) is 4.11. The van der Waals surface area contributed by atoms with E-state index in [0.717, 1.165) is 26.4 Å². The number of aromatic nitrogens is 1. The highest BCUT2D eigenvalue weighted by atomic mass is 35.5. The minimum atomic E-state index is -1.000. The maximum atomic E-state index is 13.0. The second kappa shape index (κ2) is 9.35. The fraction of sp³-hybridized carbons (Fsp3) is 0.200. The lowest BCUT2D eigenvalue weighted by Gasteiger charge is -2.39. The molecule has 1 fully saturated rings. The van der Waals surface area contributed by atoms with Crippen LogP contribution in [0.3, 0.4) is 0 Å². The predicted octanol–water partition coefficient (Wildman–Crippen LogP) is 6.19. The van der Waals surface area contributed by atoms with E-state index in [2.05, 4.69) is 15.8 Å². The highest BCUT2D eigenvalue weighted by molar-refractivity contribution is 8.00. The van der Waals surface area contributed by atoms with Crippen LogP contribution in [0.15, 0.2) is 77.1 Å². The highest BCUT2D eigenvalue weighted by Gasteiger charge is 2.36. The number of piperidine rings is 1. The minimum absolute atomic E-state index is 0.0253. The number of rotatable bonds is 5. The SMILES string of the molecule is O=C(c1ccc(NSc2cccc3scnc23)cc1)N1CCC(O)(c2ccccc2Cl)CC1. The lowest BCUT2D eigenvalue weighted by molar-refractivity contribution is -0.0210. The van der Waals surface area contributed by atoms with Gasteiger partial charge in [0.05, 0.1) is 26.2 Å². The third-order valence-corrected chi connectivity index (χ3v) is 8.00. The van der Waals surface area contributed by atoms with Gasteiger partial charge in [-0.25, -0.2) is 4.98 Å². The van der Waals surface area contributed by atoms with Gasteiger partial charge in [-0.3, -0.25) is 4.79 Å². The van der Waals surface area contributed by atoms with Crippen molar-refractivity contribution in [3.05, 3.63) is 88.4 Å². The van der Waals surface area contributed by atoms with Crippen molar-refractivity contribution in [3.63, 3.8) is 0 Å². The van der Waals surface area contributed by atoms with E-state index in [9.17, 15) is 9.90 Å². The minimum Gasteiger partial charge on any atom is -0.385 e. The molecule has 1 aromatic heterocycles. The van der Waals surface area contributed by atoms with E-state index in [4.69, 9.17) is 11.6 Å². The Labute approximate surface area is 205 Å². The van der Waals surface area contributed by atoms with E-state index >= 15 is 0 Å². The summed E-state index contributed by atoms with van der Waals surface area (Å²) in [4.78, 5) is 20.3. The Kier molecular flexibility index (Phi) is 6.29. The van der Waals surface area contributed by atoms with E-state index in [0.29, 0.717) is 36.5 Å². The molecule has 1 amide bonds. The smallest absolute Gasteiger partial charge is 0.253 e. The van der Waals surface area contributed by atoms with Crippen LogP contribution in [-0.4, -0.2) is 34.0 Å². The molecule has 5 rings (SSSR count). The van der Waals surface area contributed by atoms with Gasteiger partial charge in [-0.15, -0.1) is 11.3 Å². The average molecular weight is 496 g/mol. The van der Waals surface area contributed by atoms with Gasteiger partial charge < -0.3 is 14.7 Å². The summed E-state index contributed by atoms with van der Waals surface area (Å²) < 4.78 is 4.49. The monoisotopic (exact) mass is 495 g/mol. The van der Waals surface area contributed by atoms with Gasteiger partial charge in [0.15, 0.2) is 0 Å². The van der Waals surface area contributed by atoms with Crippen LogP contribution in [-0.2, 0) is 5.60 Å². The molecule has 1 aliphatic rings. The number of nitrogens with zero attached hydrogens (tertiary/aromatic N) is 2. The Morgan fingerprint density at radius 2 is 1.82 bits per heavy atom. The number of benzene rings is 3. The largest absolute Gasteiger partial charge is 0.385 e. The maximum Gasteiger partial charge on any atom is 0.253 e. The molecule has 5 nitrogen and oxygen atoms in total. The molecular weight excluding hydrogens is 474 g/mol. The molecule has 1 aliphatic heterocycles. The molecule has 0 unspecified atom stereocenters. The summed E-state index contributed by atoms with van der Waals surface area (Å²) in [6.07, 6.45) is 0.918. The van der Waals surface area contributed by atoms with Crippen LogP contribution in [0.2, 0.25) is 5.02 Å². The van der Waals surface area contributed by atoms with Crippen molar-refractivity contribution in [1.82, 2.24) is 9.88 Å². The first kappa shape index (κ1) is 22.2.